The highest BCUT2D eigenvalue weighted by atomic mass is 16.3. The number of ketones is 1. The van der Waals surface area contributed by atoms with Crippen molar-refractivity contribution >= 4 is 11.7 Å². The van der Waals surface area contributed by atoms with Gasteiger partial charge in [0.2, 0.25) is 5.91 Å². The number of nitrogens with zero attached hydrogens (tertiary/aromatic N) is 1. The van der Waals surface area contributed by atoms with E-state index < -0.39 is 0 Å². The van der Waals surface area contributed by atoms with Crippen molar-refractivity contribution < 1.29 is 14.7 Å². The number of carbonyl (C=O) groups excluding carboxylic acids is 2. The van der Waals surface area contributed by atoms with Gasteiger partial charge in [-0.3, -0.25) is 9.59 Å². The summed E-state index contributed by atoms with van der Waals surface area (Å²) >= 11 is 0. The van der Waals surface area contributed by atoms with Gasteiger partial charge in [0.25, 0.3) is 0 Å². The molecule has 0 radical (unpaired) electrons. The van der Waals surface area contributed by atoms with Gasteiger partial charge in [0.1, 0.15) is 0 Å². The van der Waals surface area contributed by atoms with Crippen molar-refractivity contribution in [3.8, 4) is 0 Å². The van der Waals surface area contributed by atoms with Gasteiger partial charge in [-0.2, -0.15) is 0 Å². The lowest BCUT2D eigenvalue weighted by Crippen LogP contribution is -2.56. The minimum absolute atomic E-state index is 0.0158. The van der Waals surface area contributed by atoms with E-state index in [1.165, 1.54) is 0 Å². The zero-order valence-electron chi connectivity index (χ0n) is 21.6. The van der Waals surface area contributed by atoms with Crippen LogP contribution >= 0.6 is 0 Å². The fourth-order valence-electron chi connectivity index (χ4n) is 8.58. The van der Waals surface area contributed by atoms with E-state index in [2.05, 4.69) is 45.1 Å². The standard InChI is InChI=1S/C28H44N2O3/c1-16(2)14-24(32)29-22-11-13-27(4)19-10-12-28(5)21(18(19)8-9-20(27)26(22)33)15-23(31)25(28)17(3)30(6)7/h11,14,17-21,23,25,31H,8-10,12-13,15H2,1-7H3,(H,29,32)/t17-,18+,19-,20-,21-,23-,25-,27+,28-/m0/s1. The molecule has 0 spiro atoms. The van der Waals surface area contributed by atoms with Crippen LogP contribution in [-0.2, 0) is 9.59 Å². The highest BCUT2D eigenvalue weighted by molar-refractivity contribution is 6.03. The van der Waals surface area contributed by atoms with Crippen LogP contribution in [0.3, 0.4) is 0 Å². The number of aliphatic hydroxyl groups excluding tert-OH is 1. The van der Waals surface area contributed by atoms with Crippen LogP contribution in [0, 0.1) is 40.4 Å². The molecule has 3 saturated carbocycles. The highest BCUT2D eigenvalue weighted by Gasteiger charge is 2.63. The fourth-order valence-corrected chi connectivity index (χ4v) is 8.58. The summed E-state index contributed by atoms with van der Waals surface area (Å²) < 4.78 is 0. The second kappa shape index (κ2) is 8.64. The smallest absolute Gasteiger partial charge is 0.248 e. The van der Waals surface area contributed by atoms with E-state index in [0.717, 1.165) is 44.1 Å². The van der Waals surface area contributed by atoms with Gasteiger partial charge in [-0.15, -0.1) is 0 Å². The van der Waals surface area contributed by atoms with Crippen molar-refractivity contribution in [2.75, 3.05) is 14.1 Å². The summed E-state index contributed by atoms with van der Waals surface area (Å²) in [6, 6.07) is 0.352. The first-order valence-electron chi connectivity index (χ1n) is 12.9. The second-order valence-electron chi connectivity index (χ2n) is 12.5. The second-order valence-corrected chi connectivity index (χ2v) is 12.5. The molecule has 0 heterocycles. The van der Waals surface area contributed by atoms with Gasteiger partial charge in [-0.05, 0) is 102 Å². The predicted octanol–water partition coefficient (Wildman–Crippen LogP) is 4.32. The Kier molecular flexibility index (Phi) is 6.46. The van der Waals surface area contributed by atoms with Crippen molar-refractivity contribution in [1.29, 1.82) is 0 Å². The number of nitrogens with one attached hydrogen (secondary N) is 1. The minimum Gasteiger partial charge on any atom is -0.393 e. The number of Topliss-reactive ketones (excluding diaryl/α,β-unsaturated/α-hetero) is 1. The summed E-state index contributed by atoms with van der Waals surface area (Å²) in [7, 11) is 4.25. The lowest BCUT2D eigenvalue weighted by Gasteiger charge is -2.59. The van der Waals surface area contributed by atoms with Crippen LogP contribution in [0.15, 0.2) is 23.4 Å². The maximum absolute atomic E-state index is 13.5. The molecule has 1 amide bonds. The molecule has 0 aromatic heterocycles. The predicted molar refractivity (Wildman–Crippen MR) is 131 cm³/mol. The van der Waals surface area contributed by atoms with Crippen LogP contribution in [0.25, 0.3) is 0 Å². The SMILES string of the molecule is CC(C)=CC(=O)NC1=CC[C@@]2(C)[C@@H](CC[C@@H]3[C@@H]2CC[C@]2(C)[C@@H]([C@H](C)N(C)C)[C@@H](O)C[C@@H]32)C1=O. The van der Waals surface area contributed by atoms with Gasteiger partial charge < -0.3 is 15.3 Å². The van der Waals surface area contributed by atoms with Crippen molar-refractivity contribution in [3.05, 3.63) is 23.4 Å². The monoisotopic (exact) mass is 456 g/mol. The number of rotatable bonds is 4. The molecule has 0 aliphatic heterocycles. The average Bonchev–Trinajstić information content (AvgIpc) is 2.99. The molecule has 33 heavy (non-hydrogen) atoms. The first-order chi connectivity index (χ1) is 15.4. The van der Waals surface area contributed by atoms with Gasteiger partial charge >= 0.3 is 0 Å². The Morgan fingerprint density at radius 2 is 1.88 bits per heavy atom. The molecular formula is C28H44N2O3. The number of aliphatic hydroxyl groups is 1. The Balaban J connectivity index is 1.58. The Morgan fingerprint density at radius 1 is 1.18 bits per heavy atom. The van der Waals surface area contributed by atoms with E-state index in [-0.39, 0.29) is 34.5 Å². The van der Waals surface area contributed by atoms with E-state index in [4.69, 9.17) is 0 Å². The summed E-state index contributed by atoms with van der Waals surface area (Å²) in [4.78, 5) is 28.0. The first kappa shape index (κ1) is 24.7. The van der Waals surface area contributed by atoms with Crippen LogP contribution in [0.1, 0.15) is 73.1 Å². The maximum Gasteiger partial charge on any atom is 0.248 e. The summed E-state index contributed by atoms with van der Waals surface area (Å²) in [6.07, 6.45) is 9.26. The van der Waals surface area contributed by atoms with Crippen molar-refractivity contribution in [3.63, 3.8) is 0 Å². The molecule has 0 aromatic rings. The lowest BCUT2D eigenvalue weighted by molar-refractivity contribution is -0.141. The molecule has 0 saturated heterocycles. The number of hydrogen-bond donors (Lipinski definition) is 2. The van der Waals surface area contributed by atoms with Crippen LogP contribution in [0.4, 0.5) is 0 Å². The molecule has 5 heteroatoms. The van der Waals surface area contributed by atoms with Crippen molar-refractivity contribution in [2.24, 2.45) is 40.4 Å². The Hall–Kier alpha value is -1.46. The van der Waals surface area contributed by atoms with E-state index in [1.807, 2.05) is 19.9 Å². The van der Waals surface area contributed by atoms with E-state index in [9.17, 15) is 14.7 Å². The minimum atomic E-state index is -0.244. The van der Waals surface area contributed by atoms with Gasteiger partial charge in [0, 0.05) is 24.0 Å². The molecule has 4 aliphatic carbocycles. The third kappa shape index (κ3) is 3.93. The van der Waals surface area contributed by atoms with Crippen molar-refractivity contribution in [2.45, 2.75) is 85.3 Å². The molecule has 4 rings (SSSR count). The Morgan fingerprint density at radius 3 is 2.52 bits per heavy atom. The maximum atomic E-state index is 13.5. The topological polar surface area (TPSA) is 69.6 Å². The number of allylic oxidation sites excluding steroid dienone is 3. The molecular weight excluding hydrogens is 412 g/mol. The zero-order valence-corrected chi connectivity index (χ0v) is 21.6. The fraction of sp³-hybridized carbons (Fsp3) is 0.786. The molecule has 4 aliphatic rings. The van der Waals surface area contributed by atoms with Gasteiger partial charge in [-0.1, -0.05) is 25.5 Å². The first-order valence-corrected chi connectivity index (χ1v) is 12.9. The molecule has 3 fully saturated rings. The zero-order chi connectivity index (χ0) is 24.3. The summed E-state index contributed by atoms with van der Waals surface area (Å²) in [5.41, 5.74) is 1.52. The summed E-state index contributed by atoms with van der Waals surface area (Å²) in [5, 5.41) is 14.0. The molecule has 0 bridgehead atoms. The largest absolute Gasteiger partial charge is 0.393 e. The average molecular weight is 457 g/mol. The van der Waals surface area contributed by atoms with E-state index >= 15 is 0 Å². The number of hydrogen-bond acceptors (Lipinski definition) is 4. The van der Waals surface area contributed by atoms with Crippen LogP contribution in [0.5, 0.6) is 0 Å². The third-order valence-corrected chi connectivity index (χ3v) is 10.3. The lowest BCUT2D eigenvalue weighted by atomic mass is 9.45. The van der Waals surface area contributed by atoms with Gasteiger partial charge in [0.15, 0.2) is 5.78 Å². The van der Waals surface area contributed by atoms with Crippen molar-refractivity contribution in [1.82, 2.24) is 10.2 Å². The molecule has 0 unspecified atom stereocenters. The molecule has 2 N–H and O–H groups in total. The highest BCUT2D eigenvalue weighted by Crippen LogP contribution is 2.67. The van der Waals surface area contributed by atoms with Crippen LogP contribution in [-0.4, -0.2) is 47.9 Å². The molecule has 9 atom stereocenters. The molecule has 0 aromatic carbocycles. The van der Waals surface area contributed by atoms with Gasteiger partial charge in [-0.25, -0.2) is 0 Å². The van der Waals surface area contributed by atoms with Crippen LogP contribution < -0.4 is 5.32 Å². The number of carbonyl (C=O) groups is 2. The summed E-state index contributed by atoms with van der Waals surface area (Å²) in [5.74, 6) is 1.80. The third-order valence-electron chi connectivity index (χ3n) is 10.3. The van der Waals surface area contributed by atoms with E-state index in [0.29, 0.717) is 35.4 Å². The summed E-state index contributed by atoms with van der Waals surface area (Å²) in [6.45, 7) is 10.8. The quantitative estimate of drug-likeness (QED) is 0.618. The molecule has 184 valence electrons. The number of amides is 1. The van der Waals surface area contributed by atoms with E-state index in [1.54, 1.807) is 6.08 Å². The molecule has 5 nitrogen and oxygen atoms in total. The van der Waals surface area contributed by atoms with Crippen LogP contribution in [0.2, 0.25) is 0 Å². The normalized spacial score (nSPS) is 43.2. The Bertz CT molecular complexity index is 872. The number of fused-ring (bicyclic) bond motifs is 5. The Labute approximate surface area is 200 Å². The van der Waals surface area contributed by atoms with Gasteiger partial charge in [0.05, 0.1) is 11.8 Å².